The van der Waals surface area contributed by atoms with E-state index in [1.165, 1.54) is 5.56 Å². The van der Waals surface area contributed by atoms with Crippen molar-refractivity contribution >= 4 is 5.82 Å². The standard InChI is InChI=1S/C14H16N2O/c1-9-4-5-13(17-3)11(6-9)12-7-10(2)8-16-14(12)15/h4-8H,1-3H3,(H2,15,16). The zero-order chi connectivity index (χ0) is 12.4. The SMILES string of the molecule is COc1ccc(C)cc1-c1cc(C)cnc1N. The third kappa shape index (κ3) is 2.23. The maximum atomic E-state index is 5.93. The molecule has 0 saturated heterocycles. The van der Waals surface area contributed by atoms with Gasteiger partial charge in [0.1, 0.15) is 11.6 Å². The van der Waals surface area contributed by atoms with Crippen LogP contribution in [0.1, 0.15) is 11.1 Å². The van der Waals surface area contributed by atoms with Gasteiger partial charge in [-0.2, -0.15) is 0 Å². The normalized spacial score (nSPS) is 10.3. The number of benzene rings is 1. The van der Waals surface area contributed by atoms with E-state index in [-0.39, 0.29) is 0 Å². The largest absolute Gasteiger partial charge is 0.496 e. The van der Waals surface area contributed by atoms with Crippen LogP contribution in [0.3, 0.4) is 0 Å². The number of hydrogen-bond acceptors (Lipinski definition) is 3. The maximum Gasteiger partial charge on any atom is 0.131 e. The highest BCUT2D eigenvalue weighted by Crippen LogP contribution is 2.33. The summed E-state index contributed by atoms with van der Waals surface area (Å²) in [5, 5.41) is 0. The molecule has 3 nitrogen and oxygen atoms in total. The lowest BCUT2D eigenvalue weighted by Crippen LogP contribution is -1.97. The molecule has 1 aromatic carbocycles. The van der Waals surface area contributed by atoms with Gasteiger partial charge in [-0.25, -0.2) is 4.98 Å². The van der Waals surface area contributed by atoms with E-state index in [4.69, 9.17) is 10.5 Å². The van der Waals surface area contributed by atoms with E-state index in [1.807, 2.05) is 32.0 Å². The van der Waals surface area contributed by atoms with Crippen molar-refractivity contribution in [2.45, 2.75) is 13.8 Å². The maximum absolute atomic E-state index is 5.93. The van der Waals surface area contributed by atoms with Gasteiger partial charge in [0.05, 0.1) is 7.11 Å². The number of nitrogens with two attached hydrogens (primary N) is 1. The number of nitrogens with zero attached hydrogens (tertiary/aromatic N) is 1. The molecule has 3 heteroatoms. The smallest absolute Gasteiger partial charge is 0.131 e. The van der Waals surface area contributed by atoms with Gasteiger partial charge in [0, 0.05) is 17.3 Å². The molecular weight excluding hydrogens is 212 g/mol. The van der Waals surface area contributed by atoms with Crippen LogP contribution in [0, 0.1) is 13.8 Å². The Labute approximate surface area is 101 Å². The van der Waals surface area contributed by atoms with Gasteiger partial charge in [-0.3, -0.25) is 0 Å². The van der Waals surface area contributed by atoms with Crippen LogP contribution in [0.4, 0.5) is 5.82 Å². The van der Waals surface area contributed by atoms with Crippen LogP contribution in [0.25, 0.3) is 11.1 Å². The lowest BCUT2D eigenvalue weighted by molar-refractivity contribution is 0.416. The van der Waals surface area contributed by atoms with Crippen molar-refractivity contribution in [2.75, 3.05) is 12.8 Å². The topological polar surface area (TPSA) is 48.1 Å². The number of methoxy groups -OCH3 is 1. The van der Waals surface area contributed by atoms with Crippen LogP contribution in [-0.4, -0.2) is 12.1 Å². The summed E-state index contributed by atoms with van der Waals surface area (Å²) in [6.07, 6.45) is 1.76. The van der Waals surface area contributed by atoms with Crippen LogP contribution < -0.4 is 10.5 Å². The number of hydrogen-bond donors (Lipinski definition) is 1. The predicted molar refractivity (Wildman–Crippen MR) is 70.1 cm³/mol. The minimum atomic E-state index is 0.527. The summed E-state index contributed by atoms with van der Waals surface area (Å²) < 4.78 is 5.37. The van der Waals surface area contributed by atoms with Gasteiger partial charge in [0.2, 0.25) is 0 Å². The number of pyridine rings is 1. The van der Waals surface area contributed by atoms with Crippen molar-refractivity contribution in [2.24, 2.45) is 0 Å². The molecule has 0 radical (unpaired) electrons. The number of aryl methyl sites for hydroxylation is 2. The molecule has 1 heterocycles. The van der Waals surface area contributed by atoms with Gasteiger partial charge in [0.15, 0.2) is 0 Å². The van der Waals surface area contributed by atoms with Crippen LogP contribution in [0.5, 0.6) is 5.75 Å². The first-order chi connectivity index (χ1) is 8.11. The summed E-state index contributed by atoms with van der Waals surface area (Å²) in [6.45, 7) is 4.04. The van der Waals surface area contributed by atoms with Gasteiger partial charge in [0.25, 0.3) is 0 Å². The summed E-state index contributed by atoms with van der Waals surface area (Å²) in [5.41, 5.74) is 10.1. The van der Waals surface area contributed by atoms with Crippen LogP contribution >= 0.6 is 0 Å². The first kappa shape index (κ1) is 11.5. The molecule has 0 aliphatic rings. The fourth-order valence-electron chi connectivity index (χ4n) is 1.83. The van der Waals surface area contributed by atoms with E-state index < -0.39 is 0 Å². The highest BCUT2D eigenvalue weighted by atomic mass is 16.5. The average Bonchev–Trinajstić information content (AvgIpc) is 2.32. The molecule has 1 aromatic heterocycles. The fraction of sp³-hybridized carbons (Fsp3) is 0.214. The van der Waals surface area contributed by atoms with Crippen LogP contribution in [0.2, 0.25) is 0 Å². The van der Waals surface area contributed by atoms with Crippen molar-refractivity contribution in [1.82, 2.24) is 4.98 Å². The number of rotatable bonds is 2. The number of ether oxygens (including phenoxy) is 1. The van der Waals surface area contributed by atoms with Gasteiger partial charge in [-0.1, -0.05) is 11.6 Å². The first-order valence-electron chi connectivity index (χ1n) is 5.49. The molecule has 0 bridgehead atoms. The lowest BCUT2D eigenvalue weighted by atomic mass is 10.0. The molecule has 0 spiro atoms. The summed E-state index contributed by atoms with van der Waals surface area (Å²) in [5.74, 6) is 1.34. The van der Waals surface area contributed by atoms with E-state index in [0.29, 0.717) is 5.82 Å². The predicted octanol–water partition coefficient (Wildman–Crippen LogP) is 2.96. The minimum Gasteiger partial charge on any atom is -0.496 e. The first-order valence-corrected chi connectivity index (χ1v) is 5.49. The van der Waals surface area contributed by atoms with Crippen LogP contribution in [-0.2, 0) is 0 Å². The zero-order valence-corrected chi connectivity index (χ0v) is 10.3. The second kappa shape index (κ2) is 4.45. The zero-order valence-electron chi connectivity index (χ0n) is 10.3. The Kier molecular flexibility index (Phi) is 3.00. The Morgan fingerprint density at radius 2 is 1.76 bits per heavy atom. The molecular formula is C14H16N2O. The van der Waals surface area contributed by atoms with Crippen molar-refractivity contribution < 1.29 is 4.74 Å². The fourth-order valence-corrected chi connectivity index (χ4v) is 1.83. The minimum absolute atomic E-state index is 0.527. The molecule has 88 valence electrons. The highest BCUT2D eigenvalue weighted by molar-refractivity contribution is 5.79. The summed E-state index contributed by atoms with van der Waals surface area (Å²) in [4.78, 5) is 4.18. The third-order valence-electron chi connectivity index (χ3n) is 2.70. The van der Waals surface area contributed by atoms with E-state index in [9.17, 15) is 0 Å². The third-order valence-corrected chi connectivity index (χ3v) is 2.70. The molecule has 2 aromatic rings. The highest BCUT2D eigenvalue weighted by Gasteiger charge is 2.10. The van der Waals surface area contributed by atoms with E-state index in [2.05, 4.69) is 11.1 Å². The van der Waals surface area contributed by atoms with Crippen molar-refractivity contribution in [3.8, 4) is 16.9 Å². The second-order valence-electron chi connectivity index (χ2n) is 4.15. The summed E-state index contributed by atoms with van der Waals surface area (Å²) in [6, 6.07) is 8.06. The van der Waals surface area contributed by atoms with Gasteiger partial charge < -0.3 is 10.5 Å². The molecule has 2 N–H and O–H groups in total. The second-order valence-corrected chi connectivity index (χ2v) is 4.15. The molecule has 0 amide bonds. The van der Waals surface area contributed by atoms with Gasteiger partial charge >= 0.3 is 0 Å². The van der Waals surface area contributed by atoms with Crippen LogP contribution in [0.15, 0.2) is 30.5 Å². The Morgan fingerprint density at radius 3 is 2.47 bits per heavy atom. The van der Waals surface area contributed by atoms with Gasteiger partial charge in [-0.05, 0) is 37.6 Å². The quantitative estimate of drug-likeness (QED) is 0.859. The van der Waals surface area contributed by atoms with Crippen molar-refractivity contribution in [3.05, 3.63) is 41.6 Å². The molecule has 0 atom stereocenters. The molecule has 0 unspecified atom stereocenters. The molecule has 17 heavy (non-hydrogen) atoms. The number of nitrogen functional groups attached to an aromatic ring is 1. The molecule has 0 fully saturated rings. The van der Waals surface area contributed by atoms with Crippen molar-refractivity contribution in [3.63, 3.8) is 0 Å². The monoisotopic (exact) mass is 228 g/mol. The van der Waals surface area contributed by atoms with E-state index in [1.54, 1.807) is 13.3 Å². The average molecular weight is 228 g/mol. The Hall–Kier alpha value is -2.03. The molecule has 0 aliphatic heterocycles. The lowest BCUT2D eigenvalue weighted by Gasteiger charge is -2.11. The number of aromatic nitrogens is 1. The Balaban J connectivity index is 2.66. The molecule has 0 aliphatic carbocycles. The van der Waals surface area contributed by atoms with E-state index in [0.717, 1.165) is 22.4 Å². The van der Waals surface area contributed by atoms with E-state index >= 15 is 0 Å². The Morgan fingerprint density at radius 1 is 1.06 bits per heavy atom. The Bertz CT molecular complexity index is 550. The van der Waals surface area contributed by atoms with Crippen molar-refractivity contribution in [1.29, 1.82) is 0 Å². The molecule has 2 rings (SSSR count). The summed E-state index contributed by atoms with van der Waals surface area (Å²) >= 11 is 0. The number of anilines is 1. The van der Waals surface area contributed by atoms with Gasteiger partial charge in [-0.15, -0.1) is 0 Å². The summed E-state index contributed by atoms with van der Waals surface area (Å²) in [7, 11) is 1.66. The molecule has 0 saturated carbocycles.